The summed E-state index contributed by atoms with van der Waals surface area (Å²) in [6, 6.07) is 3.13. The van der Waals surface area contributed by atoms with E-state index in [0.29, 0.717) is 6.54 Å². The fourth-order valence-corrected chi connectivity index (χ4v) is 1.26. The first-order valence-corrected chi connectivity index (χ1v) is 5.19. The fourth-order valence-electron chi connectivity index (χ4n) is 1.26. The Morgan fingerprint density at radius 2 is 2.25 bits per heavy atom. The van der Waals surface area contributed by atoms with E-state index in [2.05, 4.69) is 10.3 Å². The Bertz CT molecular complexity index is 391. The van der Waals surface area contributed by atoms with Gasteiger partial charge < -0.3 is 11.1 Å². The van der Waals surface area contributed by atoms with E-state index in [-0.39, 0.29) is 17.2 Å². The van der Waals surface area contributed by atoms with Crippen LogP contribution in [-0.2, 0) is 0 Å². The van der Waals surface area contributed by atoms with Gasteiger partial charge in [-0.25, -0.2) is 0 Å². The lowest BCUT2D eigenvalue weighted by molar-refractivity contribution is 0.0933. The molecule has 3 N–H and O–H groups in total. The van der Waals surface area contributed by atoms with Crippen molar-refractivity contribution in [1.29, 1.82) is 0 Å². The molecule has 5 nitrogen and oxygen atoms in total. The summed E-state index contributed by atoms with van der Waals surface area (Å²) in [4.78, 5) is 26.5. The van der Waals surface area contributed by atoms with E-state index in [1.165, 1.54) is 12.3 Å². The normalized spacial score (nSPS) is 9.81. The molecule has 86 valence electrons. The Morgan fingerprint density at radius 1 is 1.50 bits per heavy atom. The van der Waals surface area contributed by atoms with Gasteiger partial charge in [-0.15, -0.1) is 0 Å². The molecule has 0 atom stereocenters. The number of rotatable bonds is 5. The Morgan fingerprint density at radius 3 is 2.88 bits per heavy atom. The summed E-state index contributed by atoms with van der Waals surface area (Å²) in [5.41, 5.74) is 5.36. The SMILES string of the molecule is CCCCNC(=O)c1cccnc1C(N)=O. The Hall–Kier alpha value is -1.91. The standard InChI is InChI=1S/C11H15N3O2/c1-2-3-6-14-11(16)8-5-4-7-13-9(8)10(12)15/h4-5,7H,2-3,6H2,1H3,(H2,12,15)(H,14,16). The van der Waals surface area contributed by atoms with Crippen LogP contribution >= 0.6 is 0 Å². The van der Waals surface area contributed by atoms with Crippen LogP contribution in [0.4, 0.5) is 0 Å². The average molecular weight is 221 g/mol. The summed E-state index contributed by atoms with van der Waals surface area (Å²) in [7, 11) is 0. The number of amides is 2. The second-order valence-electron chi connectivity index (χ2n) is 3.37. The van der Waals surface area contributed by atoms with E-state index in [1.54, 1.807) is 6.07 Å². The van der Waals surface area contributed by atoms with Gasteiger partial charge in [0.15, 0.2) is 0 Å². The molecule has 1 aromatic heterocycles. The highest BCUT2D eigenvalue weighted by Crippen LogP contribution is 2.04. The van der Waals surface area contributed by atoms with Crippen molar-refractivity contribution in [3.8, 4) is 0 Å². The number of hydrogen-bond acceptors (Lipinski definition) is 3. The summed E-state index contributed by atoms with van der Waals surface area (Å²) in [6.45, 7) is 2.62. The molecule has 16 heavy (non-hydrogen) atoms. The smallest absolute Gasteiger partial charge is 0.268 e. The Kier molecular flexibility index (Phi) is 4.44. The molecule has 0 aliphatic heterocycles. The second kappa shape index (κ2) is 5.85. The summed E-state index contributed by atoms with van der Waals surface area (Å²) in [5.74, 6) is -1.00. The number of hydrogen-bond donors (Lipinski definition) is 2. The second-order valence-corrected chi connectivity index (χ2v) is 3.37. The van der Waals surface area contributed by atoms with Crippen LogP contribution in [0.25, 0.3) is 0 Å². The maximum atomic E-state index is 11.7. The van der Waals surface area contributed by atoms with E-state index in [9.17, 15) is 9.59 Å². The monoisotopic (exact) mass is 221 g/mol. The number of nitrogens with zero attached hydrogens (tertiary/aromatic N) is 1. The lowest BCUT2D eigenvalue weighted by Crippen LogP contribution is -2.28. The van der Waals surface area contributed by atoms with Gasteiger partial charge in [-0.3, -0.25) is 14.6 Å². The molecular weight excluding hydrogens is 206 g/mol. The zero-order valence-corrected chi connectivity index (χ0v) is 9.19. The maximum Gasteiger partial charge on any atom is 0.268 e. The van der Waals surface area contributed by atoms with Crippen LogP contribution in [0.3, 0.4) is 0 Å². The molecule has 0 saturated heterocycles. The van der Waals surface area contributed by atoms with Gasteiger partial charge in [0.25, 0.3) is 11.8 Å². The number of nitrogens with one attached hydrogen (secondary N) is 1. The number of carbonyl (C=O) groups excluding carboxylic acids is 2. The van der Waals surface area contributed by atoms with Crippen LogP contribution in [0.5, 0.6) is 0 Å². The van der Waals surface area contributed by atoms with Crippen LogP contribution in [-0.4, -0.2) is 23.3 Å². The highest BCUT2D eigenvalue weighted by molar-refractivity contribution is 6.05. The molecule has 0 aromatic carbocycles. The number of carbonyl (C=O) groups is 2. The maximum absolute atomic E-state index is 11.7. The molecule has 0 bridgehead atoms. The predicted octanol–water partition coefficient (Wildman–Crippen LogP) is 0.710. The summed E-state index contributed by atoms with van der Waals surface area (Å²) < 4.78 is 0. The first kappa shape index (κ1) is 12.2. The zero-order chi connectivity index (χ0) is 12.0. The summed E-state index contributed by atoms with van der Waals surface area (Å²) in [6.07, 6.45) is 3.33. The molecule has 0 aliphatic carbocycles. The minimum absolute atomic E-state index is 0.0106. The van der Waals surface area contributed by atoms with Crippen molar-refractivity contribution in [2.45, 2.75) is 19.8 Å². The lowest BCUT2D eigenvalue weighted by atomic mass is 10.1. The quantitative estimate of drug-likeness (QED) is 0.718. The molecule has 5 heteroatoms. The van der Waals surface area contributed by atoms with Gasteiger partial charge in [-0.1, -0.05) is 13.3 Å². The fraction of sp³-hybridized carbons (Fsp3) is 0.364. The van der Waals surface area contributed by atoms with Gasteiger partial charge >= 0.3 is 0 Å². The third-order valence-electron chi connectivity index (χ3n) is 2.10. The Labute approximate surface area is 94.1 Å². The van der Waals surface area contributed by atoms with Crippen LogP contribution < -0.4 is 11.1 Å². The molecule has 1 aromatic rings. The molecule has 0 aliphatic rings. The third-order valence-corrected chi connectivity index (χ3v) is 2.10. The van der Waals surface area contributed by atoms with E-state index in [1.807, 2.05) is 6.92 Å². The van der Waals surface area contributed by atoms with Crippen molar-refractivity contribution >= 4 is 11.8 Å². The molecule has 1 rings (SSSR count). The van der Waals surface area contributed by atoms with Crippen molar-refractivity contribution < 1.29 is 9.59 Å². The molecule has 1 heterocycles. The molecule has 0 fully saturated rings. The zero-order valence-electron chi connectivity index (χ0n) is 9.19. The van der Waals surface area contributed by atoms with Crippen LogP contribution in [0.1, 0.15) is 40.6 Å². The van der Waals surface area contributed by atoms with E-state index in [0.717, 1.165) is 12.8 Å². The van der Waals surface area contributed by atoms with Gasteiger partial charge in [0.2, 0.25) is 0 Å². The number of unbranched alkanes of at least 4 members (excludes halogenated alkanes) is 1. The minimum atomic E-state index is -0.693. The molecular formula is C11H15N3O2. The molecule has 0 radical (unpaired) electrons. The summed E-state index contributed by atoms with van der Waals surface area (Å²) in [5, 5.41) is 2.71. The van der Waals surface area contributed by atoms with Crippen molar-refractivity contribution in [1.82, 2.24) is 10.3 Å². The van der Waals surface area contributed by atoms with Gasteiger partial charge in [-0.05, 0) is 18.6 Å². The lowest BCUT2D eigenvalue weighted by Gasteiger charge is -2.06. The number of nitrogens with two attached hydrogens (primary N) is 1. The highest BCUT2D eigenvalue weighted by Gasteiger charge is 2.15. The van der Waals surface area contributed by atoms with Crippen LogP contribution in [0.15, 0.2) is 18.3 Å². The first-order chi connectivity index (χ1) is 7.66. The minimum Gasteiger partial charge on any atom is -0.364 e. The van der Waals surface area contributed by atoms with Crippen molar-refractivity contribution in [3.63, 3.8) is 0 Å². The van der Waals surface area contributed by atoms with Crippen molar-refractivity contribution in [2.75, 3.05) is 6.54 Å². The van der Waals surface area contributed by atoms with Gasteiger partial charge in [0, 0.05) is 12.7 Å². The van der Waals surface area contributed by atoms with Gasteiger partial charge in [0.05, 0.1) is 5.56 Å². The van der Waals surface area contributed by atoms with E-state index in [4.69, 9.17) is 5.73 Å². The average Bonchev–Trinajstić information content (AvgIpc) is 2.29. The third kappa shape index (κ3) is 3.05. The largest absolute Gasteiger partial charge is 0.364 e. The van der Waals surface area contributed by atoms with Crippen LogP contribution in [0.2, 0.25) is 0 Å². The van der Waals surface area contributed by atoms with Gasteiger partial charge in [-0.2, -0.15) is 0 Å². The van der Waals surface area contributed by atoms with E-state index < -0.39 is 5.91 Å². The summed E-state index contributed by atoms with van der Waals surface area (Å²) >= 11 is 0. The molecule has 0 unspecified atom stereocenters. The van der Waals surface area contributed by atoms with Crippen molar-refractivity contribution in [3.05, 3.63) is 29.6 Å². The number of aromatic nitrogens is 1. The molecule has 0 saturated carbocycles. The molecule has 2 amide bonds. The number of primary amides is 1. The topological polar surface area (TPSA) is 85.1 Å². The number of pyridine rings is 1. The molecule has 0 spiro atoms. The van der Waals surface area contributed by atoms with Gasteiger partial charge in [0.1, 0.15) is 5.69 Å². The van der Waals surface area contributed by atoms with Crippen LogP contribution in [0, 0.1) is 0 Å². The predicted molar refractivity (Wildman–Crippen MR) is 60.0 cm³/mol. The Balaban J connectivity index is 2.78. The first-order valence-electron chi connectivity index (χ1n) is 5.19. The highest BCUT2D eigenvalue weighted by atomic mass is 16.2. The van der Waals surface area contributed by atoms with Crippen molar-refractivity contribution in [2.24, 2.45) is 5.73 Å². The van der Waals surface area contributed by atoms with E-state index >= 15 is 0 Å².